The van der Waals surface area contributed by atoms with Crippen LogP contribution in [-0.2, 0) is 112 Å². The summed E-state index contributed by atoms with van der Waals surface area (Å²) in [6.45, 7) is 7.45. The number of aliphatic carboxylic acids is 5. The lowest BCUT2D eigenvalue weighted by Crippen LogP contribution is -2.52. The van der Waals surface area contributed by atoms with E-state index < -0.39 is 281 Å². The summed E-state index contributed by atoms with van der Waals surface area (Å²) in [5, 5.41) is 63.6. The van der Waals surface area contributed by atoms with Crippen LogP contribution in [-0.4, -0.2) is 258 Å². The number of Topliss-reactive ketones (excluding diaryl/α,β-unsaturated/α-hetero) is 8. The summed E-state index contributed by atoms with van der Waals surface area (Å²) in [6, 6.07) is -2.34. The maximum atomic E-state index is 14.5. The minimum absolute atomic E-state index is 0.0117. The number of carboxylic acid groups (broad SMARTS) is 5. The Labute approximate surface area is 710 Å². The summed E-state index contributed by atoms with van der Waals surface area (Å²) in [7, 11) is 0. The Hall–Kier alpha value is -11.3. The largest absolute Gasteiger partial charge is 0.481 e. The van der Waals surface area contributed by atoms with E-state index in [1.165, 1.54) is 54.8 Å². The van der Waals surface area contributed by atoms with Crippen molar-refractivity contribution < 1.29 is 136 Å². The number of nitrogens with zero attached hydrogens (tertiary/aromatic N) is 3. The van der Waals surface area contributed by atoms with Crippen molar-refractivity contribution in [2.45, 2.75) is 238 Å². The first-order chi connectivity index (χ1) is 57.5. The molecule has 2 aliphatic rings. The number of carbonyl (C=O) groups excluding carboxylic acids is 17. The van der Waals surface area contributed by atoms with Gasteiger partial charge in [-0.25, -0.2) is 0 Å². The summed E-state index contributed by atoms with van der Waals surface area (Å²) in [5.74, 6) is -25.4. The molecule has 15 N–H and O–H groups in total. The first kappa shape index (κ1) is 105. The van der Waals surface area contributed by atoms with Crippen LogP contribution >= 0.6 is 11.8 Å². The second kappa shape index (κ2) is 54.9. The number of carboxylic acids is 5. The number of guanidine groups is 1. The fourth-order valence-electron chi connectivity index (χ4n) is 13.6. The number of hydrogen-bond acceptors (Lipinski definition) is 25. The third-order valence-corrected chi connectivity index (χ3v) is 21.0. The van der Waals surface area contributed by atoms with Gasteiger partial charge in [-0.05, 0) is 108 Å². The molecular formula is C82H117N11O28S. The average molecular weight is 1740 g/mol. The van der Waals surface area contributed by atoms with Gasteiger partial charge in [0.2, 0.25) is 41.4 Å². The molecule has 9 amide bonds. The molecule has 0 bridgehead atoms. The van der Waals surface area contributed by atoms with Gasteiger partial charge in [0.25, 0.3) is 11.8 Å². The Morgan fingerprint density at radius 1 is 0.533 bits per heavy atom. The number of carbonyl (C=O) groups is 22. The molecule has 0 radical (unpaired) electrons. The van der Waals surface area contributed by atoms with Crippen LogP contribution in [0.25, 0.3) is 0 Å². The summed E-state index contributed by atoms with van der Waals surface area (Å²) < 4.78 is 5.71. The topological polar surface area (TPSA) is 629 Å². The van der Waals surface area contributed by atoms with Crippen LogP contribution in [0.5, 0.6) is 0 Å². The molecule has 122 heavy (non-hydrogen) atoms. The number of ketones is 8. The molecule has 0 aliphatic carbocycles. The van der Waals surface area contributed by atoms with E-state index in [0.29, 0.717) is 31.4 Å². The number of amides is 9. The minimum atomic E-state index is -1.87. The molecule has 3 rings (SSSR count). The highest BCUT2D eigenvalue weighted by Crippen LogP contribution is 2.25. The van der Waals surface area contributed by atoms with E-state index in [0.717, 1.165) is 17.1 Å². The van der Waals surface area contributed by atoms with Gasteiger partial charge in [0.15, 0.2) is 46.4 Å². The van der Waals surface area contributed by atoms with E-state index in [2.05, 4.69) is 36.9 Å². The van der Waals surface area contributed by atoms with Gasteiger partial charge >= 0.3 is 29.8 Å². The molecule has 674 valence electrons. The number of ether oxygens (including phenoxy) is 1. The number of nitrogens with two attached hydrogens (primary N) is 2. The van der Waals surface area contributed by atoms with Crippen LogP contribution in [0.3, 0.4) is 0 Å². The first-order valence-corrected chi connectivity index (χ1v) is 42.0. The van der Waals surface area contributed by atoms with Crippen molar-refractivity contribution in [1.82, 2.24) is 41.7 Å². The molecule has 1 saturated heterocycles. The molecule has 0 unspecified atom stereocenters. The summed E-state index contributed by atoms with van der Waals surface area (Å²) in [6.07, 6.45) is -5.83. The van der Waals surface area contributed by atoms with Crippen molar-refractivity contribution in [3.05, 3.63) is 47.5 Å². The van der Waals surface area contributed by atoms with Crippen molar-refractivity contribution in [2.24, 2.45) is 52.0 Å². The van der Waals surface area contributed by atoms with Gasteiger partial charge in [-0.3, -0.25) is 115 Å². The lowest BCUT2D eigenvalue weighted by atomic mass is 9.89. The van der Waals surface area contributed by atoms with Gasteiger partial charge in [-0.15, -0.1) is 0 Å². The van der Waals surface area contributed by atoms with E-state index in [9.17, 15) is 131 Å². The molecule has 2 aliphatic heterocycles. The minimum Gasteiger partial charge on any atom is -0.481 e. The standard InChI is InChI=1S/C82H117N11O28S/c1-46(2)36-59(64(98)22-23-68(102)87-61(45-122-6)65(99)38-48(4)77(116)86-43-56(96)37-47(3)10-7-32-85-82(83)84)91-81(120)62-11-8-33-92(62)71(105)44-121-35-9-12-63(97)60(39-50-13-15-51(16-14-50)49(5)94)90-80(119)54(19-28-74(110)111)42-67(101)58(21-30-76(114)115)89-79(118)53(18-27-73(108)109)41-66(100)57(20-29-75(112)113)88-78(117)52(17-26-72(106)107)40-55(95)31-34-93-69(103)24-25-70(93)104/h13-16,24-25,46-48,52-54,57-62H,7-12,17-23,26-45H2,1-6H3,(H,86,116)(H,87,102)(H,88,117)(H,89,118)(H,90,119)(H,91,120)(H,106,107)(H,108,109)(H,110,111)(H,112,113)(H,114,115)(H4,83,84,85)/t47-,48+,52-,53-,54-,57+,58+,59-,60-,61-,62-/m0/s1. The van der Waals surface area contributed by atoms with Crippen LogP contribution in [0.2, 0.25) is 0 Å². The zero-order valence-corrected chi connectivity index (χ0v) is 70.6. The molecule has 0 spiro atoms. The van der Waals surface area contributed by atoms with Gasteiger partial charge in [0.05, 0.1) is 36.8 Å². The summed E-state index contributed by atoms with van der Waals surface area (Å²) in [5.41, 5.74) is 11.4. The van der Waals surface area contributed by atoms with E-state index in [4.69, 9.17) is 16.2 Å². The third-order valence-electron chi connectivity index (χ3n) is 20.3. The zero-order valence-electron chi connectivity index (χ0n) is 69.8. The molecule has 2 heterocycles. The maximum absolute atomic E-state index is 14.5. The smallest absolute Gasteiger partial charge is 0.303 e. The molecule has 11 atom stereocenters. The maximum Gasteiger partial charge on any atom is 0.303 e. The second-order valence-corrected chi connectivity index (χ2v) is 32.0. The van der Waals surface area contributed by atoms with Crippen molar-refractivity contribution in [1.29, 1.82) is 0 Å². The molecule has 1 aromatic carbocycles. The van der Waals surface area contributed by atoms with Crippen LogP contribution in [0.4, 0.5) is 0 Å². The Kier molecular flexibility index (Phi) is 47.1. The molecule has 40 heteroatoms. The van der Waals surface area contributed by atoms with Crippen molar-refractivity contribution in [3.8, 4) is 0 Å². The van der Waals surface area contributed by atoms with Crippen LogP contribution in [0, 0.1) is 35.5 Å². The zero-order chi connectivity index (χ0) is 91.5. The highest BCUT2D eigenvalue weighted by atomic mass is 32.2. The number of thioether (sulfide) groups is 1. The van der Waals surface area contributed by atoms with Crippen molar-refractivity contribution in [3.63, 3.8) is 0 Å². The fourth-order valence-corrected chi connectivity index (χ4v) is 14.2. The van der Waals surface area contributed by atoms with E-state index in [-0.39, 0.29) is 118 Å². The third kappa shape index (κ3) is 40.8. The summed E-state index contributed by atoms with van der Waals surface area (Å²) >= 11 is 1.27. The predicted molar refractivity (Wildman–Crippen MR) is 436 cm³/mol. The fraction of sp³-hybridized carbons (Fsp3) is 0.622. The van der Waals surface area contributed by atoms with E-state index >= 15 is 0 Å². The number of benzene rings is 1. The highest BCUT2D eigenvalue weighted by Gasteiger charge is 2.39. The molecule has 39 nitrogen and oxygen atoms in total. The van der Waals surface area contributed by atoms with Gasteiger partial charge < -0.3 is 78.5 Å². The predicted octanol–water partition coefficient (Wildman–Crippen LogP) is 1.70. The second-order valence-electron chi connectivity index (χ2n) is 31.1. The Bertz CT molecular complexity index is 3970. The van der Waals surface area contributed by atoms with Gasteiger partial charge in [0, 0.05) is 163 Å². The average Bonchev–Trinajstić information content (AvgIpc) is 1.63. The summed E-state index contributed by atoms with van der Waals surface area (Å²) in [4.78, 5) is 295. The number of rotatable bonds is 65. The number of likely N-dealkylation sites (tertiary alicyclic amines) is 1. The Morgan fingerprint density at radius 2 is 1.03 bits per heavy atom. The number of hydrogen-bond donors (Lipinski definition) is 13. The lowest BCUT2D eigenvalue weighted by Gasteiger charge is -2.27. The van der Waals surface area contributed by atoms with Gasteiger partial charge in [0.1, 0.15) is 18.4 Å². The van der Waals surface area contributed by atoms with Crippen molar-refractivity contribution in [2.75, 3.05) is 51.4 Å². The first-order valence-electron chi connectivity index (χ1n) is 40.6. The number of nitrogens with one attached hydrogen (secondary N) is 6. The van der Waals surface area contributed by atoms with E-state index in [1.807, 2.05) is 20.8 Å². The number of imide groups is 1. The normalized spacial score (nSPS) is 15.5. The monoisotopic (exact) mass is 1740 g/mol. The van der Waals surface area contributed by atoms with Gasteiger partial charge in [-0.1, -0.05) is 52.0 Å². The molecule has 1 fully saturated rings. The molecule has 1 aromatic rings. The van der Waals surface area contributed by atoms with Crippen LogP contribution in [0.1, 0.15) is 211 Å². The Balaban J connectivity index is 1.76. The quantitative estimate of drug-likeness (QED) is 0.0145. The Morgan fingerprint density at radius 3 is 1.53 bits per heavy atom. The molecular weight excluding hydrogens is 1620 g/mol. The molecule has 0 saturated carbocycles. The molecule has 0 aromatic heterocycles. The highest BCUT2D eigenvalue weighted by molar-refractivity contribution is 7.98. The number of aliphatic imine (C=N–C) groups is 1. The van der Waals surface area contributed by atoms with Crippen LogP contribution in [0.15, 0.2) is 41.4 Å². The van der Waals surface area contributed by atoms with Crippen LogP contribution < -0.4 is 43.4 Å². The lowest BCUT2D eigenvalue weighted by molar-refractivity contribution is -0.142. The van der Waals surface area contributed by atoms with Crippen molar-refractivity contribution >= 4 is 147 Å². The van der Waals surface area contributed by atoms with E-state index in [1.54, 1.807) is 6.26 Å². The van der Waals surface area contributed by atoms with Gasteiger partial charge in [-0.2, -0.15) is 11.8 Å². The SMILES string of the molecule is CSC[C@H](NC(=O)CCC(=O)[C@H](CC(C)C)NC(=O)[C@@H]1CCCN1C(=O)COCCCC(=O)[C@H](Cc1ccc(C(C)=O)cc1)NC(=O)[C@@H](CCC(=O)O)CC(=O)[C@@H](CCC(=O)O)NC(=O)[C@@H](CCC(=O)O)CC(=O)[C@@H](CCC(=O)O)NC(=O)[C@@H](CCC(=O)O)CC(=O)CCN1C(=O)C=CC1=O)C(=O)C[C@@H](C)C(=O)NCC(=O)C[C@@H](C)CCCN=C(N)N.